The maximum atomic E-state index is 2.32. The van der Waals surface area contributed by atoms with Gasteiger partial charge >= 0.3 is 0 Å². The molecule has 0 spiro atoms. The first kappa shape index (κ1) is 15.1. The number of nitrogens with zero attached hydrogens (tertiary/aromatic N) is 1. The highest BCUT2D eigenvalue weighted by molar-refractivity contribution is 5.97. The molecule has 0 saturated heterocycles. The Kier molecular flexibility index (Phi) is 3.92. The molecular formula is C21H25N. The van der Waals surface area contributed by atoms with Crippen molar-refractivity contribution >= 4 is 11.1 Å². The van der Waals surface area contributed by atoms with Crippen LogP contribution in [-0.4, -0.2) is 24.5 Å². The van der Waals surface area contributed by atoms with Crippen LogP contribution in [0.5, 0.6) is 0 Å². The molecule has 1 heteroatoms. The molecule has 1 aliphatic carbocycles. The third-order valence-electron chi connectivity index (χ3n) is 5.02. The molecule has 0 aliphatic heterocycles. The van der Waals surface area contributed by atoms with Crippen LogP contribution in [0, 0.1) is 0 Å². The number of fused-ring (bicyclic) bond motifs is 1. The van der Waals surface area contributed by atoms with Crippen LogP contribution in [0.15, 0.2) is 54.6 Å². The van der Waals surface area contributed by atoms with Crippen molar-refractivity contribution in [2.45, 2.75) is 32.2 Å². The van der Waals surface area contributed by atoms with Crippen molar-refractivity contribution in [3.05, 3.63) is 71.3 Å². The molecule has 2 aromatic rings. The van der Waals surface area contributed by atoms with Gasteiger partial charge in [0.2, 0.25) is 0 Å². The van der Waals surface area contributed by atoms with Gasteiger partial charge in [0, 0.05) is 5.54 Å². The summed E-state index contributed by atoms with van der Waals surface area (Å²) < 4.78 is 0. The van der Waals surface area contributed by atoms with E-state index in [0.717, 1.165) is 12.8 Å². The first-order valence-corrected chi connectivity index (χ1v) is 8.02. The van der Waals surface area contributed by atoms with E-state index >= 15 is 0 Å². The molecule has 0 aromatic heterocycles. The number of allylic oxidation sites excluding steroid dienone is 1. The highest BCUT2D eigenvalue weighted by Gasteiger charge is 2.29. The lowest BCUT2D eigenvalue weighted by Crippen LogP contribution is -2.38. The van der Waals surface area contributed by atoms with Crippen LogP contribution in [0.1, 0.15) is 37.0 Å². The molecule has 0 N–H and O–H groups in total. The van der Waals surface area contributed by atoms with E-state index in [1.807, 2.05) is 0 Å². The second-order valence-corrected chi connectivity index (χ2v) is 7.04. The van der Waals surface area contributed by atoms with Gasteiger partial charge in [-0.15, -0.1) is 0 Å². The molecule has 0 radical (unpaired) electrons. The van der Waals surface area contributed by atoms with Gasteiger partial charge in [0.05, 0.1) is 0 Å². The van der Waals surface area contributed by atoms with Crippen molar-refractivity contribution in [3.8, 4) is 0 Å². The quantitative estimate of drug-likeness (QED) is 0.775. The molecule has 0 saturated carbocycles. The highest BCUT2D eigenvalue weighted by Crippen LogP contribution is 2.42. The highest BCUT2D eigenvalue weighted by atomic mass is 15.1. The van der Waals surface area contributed by atoms with E-state index in [2.05, 4.69) is 87.4 Å². The molecule has 22 heavy (non-hydrogen) atoms. The molecule has 2 aromatic carbocycles. The minimum Gasteiger partial charge on any atom is -0.304 e. The van der Waals surface area contributed by atoms with Gasteiger partial charge in [-0.25, -0.2) is 0 Å². The average Bonchev–Trinajstić information content (AvgIpc) is 2.86. The summed E-state index contributed by atoms with van der Waals surface area (Å²) in [6, 6.07) is 19.7. The molecule has 114 valence electrons. The Morgan fingerprint density at radius 3 is 2.23 bits per heavy atom. The number of benzene rings is 2. The Hall–Kier alpha value is -1.86. The summed E-state index contributed by atoms with van der Waals surface area (Å²) in [5.41, 5.74) is 7.43. The van der Waals surface area contributed by atoms with E-state index in [9.17, 15) is 0 Å². The second kappa shape index (κ2) is 5.73. The van der Waals surface area contributed by atoms with E-state index in [1.165, 1.54) is 27.8 Å². The van der Waals surface area contributed by atoms with Gasteiger partial charge in [-0.05, 0) is 68.6 Å². The van der Waals surface area contributed by atoms with Gasteiger partial charge in [-0.1, -0.05) is 54.6 Å². The van der Waals surface area contributed by atoms with Gasteiger partial charge in [0.25, 0.3) is 0 Å². The molecule has 0 heterocycles. The van der Waals surface area contributed by atoms with Crippen LogP contribution in [-0.2, 0) is 6.42 Å². The van der Waals surface area contributed by atoms with Crippen LogP contribution in [0.25, 0.3) is 11.1 Å². The molecule has 0 bridgehead atoms. The summed E-state index contributed by atoms with van der Waals surface area (Å²) >= 11 is 0. The Bertz CT molecular complexity index is 693. The Balaban J connectivity index is 2.09. The molecule has 3 rings (SSSR count). The molecular weight excluding hydrogens is 266 g/mol. The standard InChI is InChI=1S/C21H25N/c1-21(2,22(3)4)15-20-18-13-9-8-12-17(18)14-19(20)16-10-6-5-7-11-16/h5-13H,14-15H2,1-4H3. The first-order chi connectivity index (χ1) is 10.5. The maximum Gasteiger partial charge on any atom is 0.0187 e. The monoisotopic (exact) mass is 291 g/mol. The zero-order valence-corrected chi connectivity index (χ0v) is 14.1. The third-order valence-corrected chi connectivity index (χ3v) is 5.02. The lowest BCUT2D eigenvalue weighted by Gasteiger charge is -2.33. The van der Waals surface area contributed by atoms with Crippen molar-refractivity contribution in [2.75, 3.05) is 14.1 Å². The van der Waals surface area contributed by atoms with Crippen molar-refractivity contribution < 1.29 is 0 Å². The fraction of sp³-hybridized carbons (Fsp3) is 0.333. The first-order valence-electron chi connectivity index (χ1n) is 8.02. The minimum absolute atomic E-state index is 0.146. The summed E-state index contributed by atoms with van der Waals surface area (Å²) in [6.45, 7) is 4.65. The molecule has 0 amide bonds. The third kappa shape index (κ3) is 2.74. The second-order valence-electron chi connectivity index (χ2n) is 7.04. The minimum atomic E-state index is 0.146. The zero-order chi connectivity index (χ0) is 15.7. The maximum absolute atomic E-state index is 2.32. The number of rotatable bonds is 4. The lowest BCUT2D eigenvalue weighted by atomic mass is 9.88. The molecule has 0 atom stereocenters. The van der Waals surface area contributed by atoms with Crippen LogP contribution in [0.3, 0.4) is 0 Å². The van der Waals surface area contributed by atoms with Gasteiger partial charge < -0.3 is 4.90 Å². The Morgan fingerprint density at radius 2 is 1.55 bits per heavy atom. The smallest absolute Gasteiger partial charge is 0.0187 e. The summed E-state index contributed by atoms with van der Waals surface area (Å²) in [6.07, 6.45) is 2.13. The number of hydrogen-bond acceptors (Lipinski definition) is 1. The normalized spacial score (nSPS) is 14.6. The molecule has 0 fully saturated rings. The fourth-order valence-electron chi connectivity index (χ4n) is 3.14. The average molecular weight is 291 g/mol. The predicted octanol–water partition coefficient (Wildman–Crippen LogP) is 4.88. The summed E-state index contributed by atoms with van der Waals surface area (Å²) in [4.78, 5) is 2.32. The van der Waals surface area contributed by atoms with Crippen LogP contribution >= 0.6 is 0 Å². The van der Waals surface area contributed by atoms with E-state index in [1.54, 1.807) is 0 Å². The molecule has 1 nitrogen and oxygen atoms in total. The summed E-state index contributed by atoms with van der Waals surface area (Å²) in [7, 11) is 4.34. The van der Waals surface area contributed by atoms with E-state index in [4.69, 9.17) is 0 Å². The van der Waals surface area contributed by atoms with Gasteiger partial charge in [0.1, 0.15) is 0 Å². The van der Waals surface area contributed by atoms with Crippen LogP contribution < -0.4 is 0 Å². The fourth-order valence-corrected chi connectivity index (χ4v) is 3.14. The zero-order valence-electron chi connectivity index (χ0n) is 14.1. The van der Waals surface area contributed by atoms with Gasteiger partial charge in [-0.3, -0.25) is 0 Å². The summed E-state index contributed by atoms with van der Waals surface area (Å²) in [5.74, 6) is 0. The van der Waals surface area contributed by atoms with E-state index in [0.29, 0.717) is 0 Å². The Morgan fingerprint density at radius 1 is 0.909 bits per heavy atom. The van der Waals surface area contributed by atoms with Gasteiger partial charge in [-0.2, -0.15) is 0 Å². The number of hydrogen-bond donors (Lipinski definition) is 0. The Labute approximate surface area is 134 Å². The van der Waals surface area contributed by atoms with Gasteiger partial charge in [0.15, 0.2) is 0 Å². The van der Waals surface area contributed by atoms with E-state index < -0.39 is 0 Å². The van der Waals surface area contributed by atoms with Crippen molar-refractivity contribution in [2.24, 2.45) is 0 Å². The van der Waals surface area contributed by atoms with Crippen molar-refractivity contribution in [1.29, 1.82) is 0 Å². The van der Waals surface area contributed by atoms with E-state index in [-0.39, 0.29) is 5.54 Å². The van der Waals surface area contributed by atoms with Crippen molar-refractivity contribution in [3.63, 3.8) is 0 Å². The largest absolute Gasteiger partial charge is 0.304 e. The van der Waals surface area contributed by atoms with Crippen molar-refractivity contribution in [1.82, 2.24) is 4.90 Å². The molecule has 1 aliphatic rings. The predicted molar refractivity (Wildman–Crippen MR) is 95.8 cm³/mol. The topological polar surface area (TPSA) is 3.24 Å². The van der Waals surface area contributed by atoms with Crippen LogP contribution in [0.4, 0.5) is 0 Å². The van der Waals surface area contributed by atoms with Crippen LogP contribution in [0.2, 0.25) is 0 Å². The summed E-state index contributed by atoms with van der Waals surface area (Å²) in [5, 5.41) is 0. The SMILES string of the molecule is CN(C)C(C)(C)CC1=C(c2ccccc2)Cc2ccccc21. The molecule has 0 unspecified atom stereocenters. The lowest BCUT2D eigenvalue weighted by molar-refractivity contribution is 0.201.